The predicted molar refractivity (Wildman–Crippen MR) is 83.5 cm³/mol. The van der Waals surface area contributed by atoms with Gasteiger partial charge in [0.15, 0.2) is 5.60 Å². The summed E-state index contributed by atoms with van der Waals surface area (Å²) in [6, 6.07) is 9.49. The van der Waals surface area contributed by atoms with Crippen LogP contribution in [0.4, 0.5) is 0 Å². The molecule has 2 rings (SSSR count). The highest BCUT2D eigenvalue weighted by Crippen LogP contribution is 2.34. The highest BCUT2D eigenvalue weighted by molar-refractivity contribution is 5.67. The molecule has 4 nitrogen and oxygen atoms in total. The lowest BCUT2D eigenvalue weighted by Gasteiger charge is -2.40. The van der Waals surface area contributed by atoms with Gasteiger partial charge in [0.2, 0.25) is 0 Å². The Kier molecular flexibility index (Phi) is 5.10. The summed E-state index contributed by atoms with van der Waals surface area (Å²) < 4.78 is 16.8. The molecule has 0 bridgehead atoms. The molecule has 0 spiro atoms. The van der Waals surface area contributed by atoms with E-state index in [-0.39, 0.29) is 18.2 Å². The second kappa shape index (κ2) is 6.85. The molecule has 0 aliphatic carbocycles. The predicted octanol–water partition coefficient (Wildman–Crippen LogP) is 2.96. The van der Waals surface area contributed by atoms with Crippen LogP contribution in [0.5, 0.6) is 5.75 Å². The van der Waals surface area contributed by atoms with E-state index in [1.165, 1.54) is 6.92 Å². The SMILES string of the molecule is CC(=O)OC1(C#CCOc2ccccc2)CCOC(C)(C)C1. The molecule has 1 aliphatic heterocycles. The molecule has 118 valence electrons. The van der Waals surface area contributed by atoms with Crippen LogP contribution in [0.25, 0.3) is 0 Å². The summed E-state index contributed by atoms with van der Waals surface area (Å²) in [6.45, 7) is 6.15. The quantitative estimate of drug-likeness (QED) is 0.636. The van der Waals surface area contributed by atoms with E-state index in [9.17, 15) is 4.79 Å². The number of ether oxygens (including phenoxy) is 3. The fourth-order valence-corrected chi connectivity index (χ4v) is 2.65. The maximum absolute atomic E-state index is 11.4. The van der Waals surface area contributed by atoms with E-state index in [1.54, 1.807) is 0 Å². The first kappa shape index (κ1) is 16.4. The largest absolute Gasteiger partial charge is 0.481 e. The van der Waals surface area contributed by atoms with Crippen LogP contribution in [0.1, 0.15) is 33.6 Å². The van der Waals surface area contributed by atoms with E-state index in [0.29, 0.717) is 19.4 Å². The maximum atomic E-state index is 11.4. The molecule has 1 aromatic rings. The third kappa shape index (κ3) is 4.78. The minimum Gasteiger partial charge on any atom is -0.481 e. The molecule has 1 saturated heterocycles. The molecule has 1 heterocycles. The fraction of sp³-hybridized carbons (Fsp3) is 0.500. The Bertz CT molecular complexity index is 568. The summed E-state index contributed by atoms with van der Waals surface area (Å²) >= 11 is 0. The molecule has 0 aromatic heterocycles. The molecule has 1 aliphatic rings. The van der Waals surface area contributed by atoms with Crippen LogP contribution in [0.3, 0.4) is 0 Å². The highest BCUT2D eigenvalue weighted by atomic mass is 16.6. The molecule has 1 atom stereocenters. The monoisotopic (exact) mass is 302 g/mol. The molecule has 1 unspecified atom stereocenters. The maximum Gasteiger partial charge on any atom is 0.304 e. The topological polar surface area (TPSA) is 44.8 Å². The van der Waals surface area contributed by atoms with Crippen molar-refractivity contribution in [2.45, 2.75) is 44.8 Å². The van der Waals surface area contributed by atoms with E-state index < -0.39 is 5.60 Å². The van der Waals surface area contributed by atoms with Crippen molar-refractivity contribution in [3.05, 3.63) is 30.3 Å². The fourth-order valence-electron chi connectivity index (χ4n) is 2.65. The molecule has 4 heteroatoms. The first-order valence-electron chi connectivity index (χ1n) is 7.42. The molecule has 22 heavy (non-hydrogen) atoms. The van der Waals surface area contributed by atoms with Crippen LogP contribution in [0.2, 0.25) is 0 Å². The van der Waals surface area contributed by atoms with E-state index in [4.69, 9.17) is 14.2 Å². The highest BCUT2D eigenvalue weighted by Gasteiger charge is 2.42. The number of carbonyl (C=O) groups is 1. The van der Waals surface area contributed by atoms with Crippen LogP contribution in [-0.4, -0.2) is 30.4 Å². The minimum absolute atomic E-state index is 0.258. The number of esters is 1. The molecule has 0 amide bonds. The number of benzene rings is 1. The summed E-state index contributed by atoms with van der Waals surface area (Å²) in [6.07, 6.45) is 1.13. The number of carbonyl (C=O) groups excluding carboxylic acids is 1. The van der Waals surface area contributed by atoms with Gasteiger partial charge in [0.25, 0.3) is 0 Å². The van der Waals surface area contributed by atoms with E-state index in [2.05, 4.69) is 11.8 Å². The van der Waals surface area contributed by atoms with E-state index >= 15 is 0 Å². The van der Waals surface area contributed by atoms with Crippen molar-refractivity contribution in [1.82, 2.24) is 0 Å². The Hall–Kier alpha value is -1.99. The van der Waals surface area contributed by atoms with Gasteiger partial charge in [-0.1, -0.05) is 30.0 Å². The Morgan fingerprint density at radius 2 is 2.05 bits per heavy atom. The summed E-state index contributed by atoms with van der Waals surface area (Å²) in [7, 11) is 0. The van der Waals surface area contributed by atoms with Crippen LogP contribution < -0.4 is 4.74 Å². The van der Waals surface area contributed by atoms with Crippen molar-refractivity contribution in [2.75, 3.05) is 13.2 Å². The molecule has 1 fully saturated rings. The van der Waals surface area contributed by atoms with Crippen molar-refractivity contribution in [2.24, 2.45) is 0 Å². The Labute approximate surface area is 131 Å². The van der Waals surface area contributed by atoms with Crippen molar-refractivity contribution < 1.29 is 19.0 Å². The third-order valence-corrected chi connectivity index (χ3v) is 3.42. The second-order valence-electron chi connectivity index (χ2n) is 6.03. The first-order valence-corrected chi connectivity index (χ1v) is 7.42. The van der Waals surface area contributed by atoms with Crippen LogP contribution in [-0.2, 0) is 14.3 Å². The number of para-hydroxylation sites is 1. The van der Waals surface area contributed by atoms with Crippen molar-refractivity contribution in [1.29, 1.82) is 0 Å². The Balaban J connectivity index is 2.04. The average Bonchev–Trinajstić information content (AvgIpc) is 2.43. The summed E-state index contributed by atoms with van der Waals surface area (Å²) in [5, 5.41) is 0. The first-order chi connectivity index (χ1) is 10.4. The molecular weight excluding hydrogens is 280 g/mol. The number of hydrogen-bond acceptors (Lipinski definition) is 4. The Morgan fingerprint density at radius 3 is 2.68 bits per heavy atom. The molecule has 0 N–H and O–H groups in total. The van der Waals surface area contributed by atoms with Crippen LogP contribution in [0, 0.1) is 11.8 Å². The van der Waals surface area contributed by atoms with Gasteiger partial charge in [-0.15, -0.1) is 0 Å². The zero-order valence-electron chi connectivity index (χ0n) is 13.3. The molecular formula is C18H22O4. The lowest BCUT2D eigenvalue weighted by atomic mass is 9.84. The van der Waals surface area contributed by atoms with Crippen molar-refractivity contribution in [3.63, 3.8) is 0 Å². The van der Waals surface area contributed by atoms with Gasteiger partial charge in [0, 0.05) is 19.8 Å². The Morgan fingerprint density at radius 1 is 1.32 bits per heavy atom. The van der Waals surface area contributed by atoms with Gasteiger partial charge in [0.05, 0.1) is 12.2 Å². The average molecular weight is 302 g/mol. The number of hydrogen-bond donors (Lipinski definition) is 0. The van der Waals surface area contributed by atoms with Gasteiger partial charge in [-0.25, -0.2) is 0 Å². The zero-order valence-corrected chi connectivity index (χ0v) is 13.3. The molecule has 0 saturated carbocycles. The van der Waals surface area contributed by atoms with Crippen LogP contribution in [0.15, 0.2) is 30.3 Å². The van der Waals surface area contributed by atoms with Gasteiger partial charge in [-0.2, -0.15) is 0 Å². The van der Waals surface area contributed by atoms with Crippen molar-refractivity contribution >= 4 is 5.97 Å². The lowest BCUT2D eigenvalue weighted by Crippen LogP contribution is -2.47. The van der Waals surface area contributed by atoms with E-state index in [1.807, 2.05) is 44.2 Å². The van der Waals surface area contributed by atoms with Gasteiger partial charge in [0.1, 0.15) is 12.4 Å². The van der Waals surface area contributed by atoms with Gasteiger partial charge >= 0.3 is 5.97 Å². The summed E-state index contributed by atoms with van der Waals surface area (Å²) in [4.78, 5) is 11.4. The van der Waals surface area contributed by atoms with Crippen molar-refractivity contribution in [3.8, 4) is 17.6 Å². The molecule has 1 aromatic carbocycles. The van der Waals surface area contributed by atoms with Gasteiger partial charge in [-0.3, -0.25) is 4.79 Å². The lowest BCUT2D eigenvalue weighted by molar-refractivity contribution is -0.172. The summed E-state index contributed by atoms with van der Waals surface area (Å²) in [5.74, 6) is 6.52. The zero-order chi connectivity index (χ0) is 16.1. The minimum atomic E-state index is -0.784. The standard InChI is InChI=1S/C18H22O4/c1-15(19)22-18(11-13-21-17(2,3)14-18)10-7-12-20-16-8-5-4-6-9-16/h4-6,8-9H,11-14H2,1-3H3. The van der Waals surface area contributed by atoms with Crippen LogP contribution >= 0.6 is 0 Å². The normalized spacial score (nSPS) is 23.0. The van der Waals surface area contributed by atoms with Gasteiger partial charge in [-0.05, 0) is 26.0 Å². The van der Waals surface area contributed by atoms with Gasteiger partial charge < -0.3 is 14.2 Å². The third-order valence-electron chi connectivity index (χ3n) is 3.42. The number of rotatable bonds is 3. The van der Waals surface area contributed by atoms with E-state index in [0.717, 1.165) is 5.75 Å². The smallest absolute Gasteiger partial charge is 0.304 e. The molecule has 0 radical (unpaired) electrons. The second-order valence-corrected chi connectivity index (χ2v) is 6.03. The summed E-state index contributed by atoms with van der Waals surface area (Å²) in [5.41, 5.74) is -1.14.